The summed E-state index contributed by atoms with van der Waals surface area (Å²) in [7, 11) is 0. The molecular formula is C6H9ClO3. The molecule has 10 heavy (non-hydrogen) atoms. The number of ether oxygens (including phenoxy) is 3. The molecule has 3 heterocycles. The summed E-state index contributed by atoms with van der Waals surface area (Å²) in [4.78, 5) is 0. The molecule has 4 heteroatoms. The highest BCUT2D eigenvalue weighted by Crippen LogP contribution is 2.30. The molecule has 0 radical (unpaired) electrons. The SMILES string of the molecule is ClCC12OCC(CO1)CO2. The Morgan fingerprint density at radius 2 is 1.70 bits per heavy atom. The Morgan fingerprint density at radius 3 is 2.00 bits per heavy atom. The van der Waals surface area contributed by atoms with Gasteiger partial charge in [0.05, 0.1) is 19.8 Å². The van der Waals surface area contributed by atoms with Crippen molar-refractivity contribution in [2.45, 2.75) is 5.97 Å². The molecule has 3 fully saturated rings. The molecule has 58 valence electrons. The standard InChI is InChI=1S/C6H9ClO3/c7-4-6-8-1-5(2-9-6)3-10-6/h5H,1-4H2. The number of fused-ring (bicyclic) bond motifs is 3. The van der Waals surface area contributed by atoms with E-state index in [1.807, 2.05) is 0 Å². The van der Waals surface area contributed by atoms with Gasteiger partial charge < -0.3 is 14.2 Å². The lowest BCUT2D eigenvalue weighted by atomic mass is 10.1. The molecule has 0 aromatic rings. The summed E-state index contributed by atoms with van der Waals surface area (Å²) in [5, 5.41) is 0. The van der Waals surface area contributed by atoms with E-state index in [1.54, 1.807) is 0 Å². The van der Waals surface area contributed by atoms with Gasteiger partial charge in [0.1, 0.15) is 5.88 Å². The third-order valence-electron chi connectivity index (χ3n) is 1.78. The monoisotopic (exact) mass is 164 g/mol. The molecule has 0 spiro atoms. The van der Waals surface area contributed by atoms with Crippen LogP contribution in [0.5, 0.6) is 0 Å². The summed E-state index contributed by atoms with van der Waals surface area (Å²) in [6.07, 6.45) is 0. The molecular weight excluding hydrogens is 156 g/mol. The maximum atomic E-state index is 5.59. The Morgan fingerprint density at radius 1 is 1.20 bits per heavy atom. The number of halogens is 1. The Balaban J connectivity index is 2.08. The van der Waals surface area contributed by atoms with Crippen molar-refractivity contribution < 1.29 is 14.2 Å². The smallest absolute Gasteiger partial charge is 0.297 e. The van der Waals surface area contributed by atoms with E-state index in [0.29, 0.717) is 25.7 Å². The Hall–Kier alpha value is 0.170. The second kappa shape index (κ2) is 2.34. The molecule has 0 unspecified atom stereocenters. The fourth-order valence-corrected chi connectivity index (χ4v) is 1.35. The molecule has 0 N–H and O–H groups in total. The number of hydrogen-bond donors (Lipinski definition) is 0. The lowest BCUT2D eigenvalue weighted by Gasteiger charge is -2.43. The van der Waals surface area contributed by atoms with Crippen LogP contribution in [0.25, 0.3) is 0 Å². The molecule has 2 bridgehead atoms. The molecule has 0 aromatic carbocycles. The van der Waals surface area contributed by atoms with Crippen molar-refractivity contribution in [3.8, 4) is 0 Å². The minimum Gasteiger partial charge on any atom is -0.326 e. The average molecular weight is 165 g/mol. The van der Waals surface area contributed by atoms with Crippen molar-refractivity contribution in [2.24, 2.45) is 5.92 Å². The fraction of sp³-hybridized carbons (Fsp3) is 1.00. The predicted molar refractivity (Wildman–Crippen MR) is 34.8 cm³/mol. The molecule has 3 aliphatic rings. The van der Waals surface area contributed by atoms with E-state index in [1.165, 1.54) is 0 Å². The summed E-state index contributed by atoms with van der Waals surface area (Å²) in [6.45, 7) is 2.15. The van der Waals surface area contributed by atoms with Crippen LogP contribution >= 0.6 is 11.6 Å². The maximum Gasteiger partial charge on any atom is 0.297 e. The zero-order valence-corrected chi connectivity index (χ0v) is 6.26. The minimum atomic E-state index is -0.906. The van der Waals surface area contributed by atoms with Crippen LogP contribution in [0.2, 0.25) is 0 Å². The van der Waals surface area contributed by atoms with Crippen LogP contribution in [0.3, 0.4) is 0 Å². The van der Waals surface area contributed by atoms with E-state index in [-0.39, 0.29) is 5.88 Å². The van der Waals surface area contributed by atoms with Crippen molar-refractivity contribution in [2.75, 3.05) is 25.7 Å². The molecule has 3 rings (SSSR count). The maximum absolute atomic E-state index is 5.59. The average Bonchev–Trinajstić information content (AvgIpc) is 2.08. The van der Waals surface area contributed by atoms with Crippen LogP contribution in [-0.2, 0) is 14.2 Å². The van der Waals surface area contributed by atoms with Gasteiger partial charge in [-0.3, -0.25) is 0 Å². The van der Waals surface area contributed by atoms with Gasteiger partial charge >= 0.3 is 0 Å². The van der Waals surface area contributed by atoms with E-state index in [9.17, 15) is 0 Å². The zero-order valence-electron chi connectivity index (χ0n) is 5.51. The summed E-state index contributed by atoms with van der Waals surface area (Å²) >= 11 is 5.59. The normalized spacial score (nSPS) is 45.9. The summed E-state index contributed by atoms with van der Waals surface area (Å²) in [6, 6.07) is 0. The largest absolute Gasteiger partial charge is 0.326 e. The molecule has 3 aliphatic heterocycles. The van der Waals surface area contributed by atoms with E-state index < -0.39 is 5.97 Å². The van der Waals surface area contributed by atoms with Gasteiger partial charge in [-0.25, -0.2) is 0 Å². The first-order chi connectivity index (χ1) is 4.85. The first kappa shape index (κ1) is 6.85. The van der Waals surface area contributed by atoms with Crippen LogP contribution in [-0.4, -0.2) is 31.7 Å². The minimum absolute atomic E-state index is 0.250. The van der Waals surface area contributed by atoms with Gasteiger partial charge in [0, 0.05) is 5.92 Å². The zero-order chi connectivity index (χ0) is 7.03. The first-order valence-corrected chi connectivity index (χ1v) is 3.86. The van der Waals surface area contributed by atoms with Crippen LogP contribution in [0.15, 0.2) is 0 Å². The van der Waals surface area contributed by atoms with Gasteiger partial charge in [0.2, 0.25) is 0 Å². The van der Waals surface area contributed by atoms with Crippen molar-refractivity contribution >= 4 is 11.6 Å². The number of rotatable bonds is 1. The highest BCUT2D eigenvalue weighted by molar-refractivity contribution is 6.18. The van der Waals surface area contributed by atoms with Crippen LogP contribution in [0.4, 0.5) is 0 Å². The van der Waals surface area contributed by atoms with Gasteiger partial charge in [0.15, 0.2) is 0 Å². The summed E-state index contributed by atoms with van der Waals surface area (Å²) in [5.41, 5.74) is 0. The number of alkyl halides is 1. The second-order valence-corrected chi connectivity index (χ2v) is 2.88. The van der Waals surface area contributed by atoms with Crippen molar-refractivity contribution in [1.29, 1.82) is 0 Å². The fourth-order valence-electron chi connectivity index (χ4n) is 1.12. The van der Waals surface area contributed by atoms with Crippen LogP contribution in [0, 0.1) is 5.92 Å². The van der Waals surface area contributed by atoms with Gasteiger partial charge in [-0.15, -0.1) is 11.6 Å². The summed E-state index contributed by atoms with van der Waals surface area (Å²) < 4.78 is 15.7. The Kier molecular flexibility index (Phi) is 1.60. The van der Waals surface area contributed by atoms with Gasteiger partial charge in [-0.05, 0) is 0 Å². The van der Waals surface area contributed by atoms with Gasteiger partial charge in [-0.1, -0.05) is 0 Å². The molecule has 0 atom stereocenters. The van der Waals surface area contributed by atoms with Gasteiger partial charge in [-0.2, -0.15) is 0 Å². The van der Waals surface area contributed by atoms with Crippen LogP contribution < -0.4 is 0 Å². The number of hydrogen-bond acceptors (Lipinski definition) is 3. The highest BCUT2D eigenvalue weighted by Gasteiger charge is 2.43. The Bertz CT molecular complexity index is 117. The predicted octanol–water partition coefficient (Wildman–Crippen LogP) is 0.572. The van der Waals surface area contributed by atoms with E-state index >= 15 is 0 Å². The van der Waals surface area contributed by atoms with Crippen LogP contribution in [0.1, 0.15) is 0 Å². The third kappa shape index (κ3) is 0.937. The second-order valence-electron chi connectivity index (χ2n) is 2.62. The topological polar surface area (TPSA) is 27.7 Å². The lowest BCUT2D eigenvalue weighted by Crippen LogP contribution is -2.55. The van der Waals surface area contributed by atoms with Gasteiger partial charge in [0.25, 0.3) is 5.97 Å². The van der Waals surface area contributed by atoms with E-state index in [4.69, 9.17) is 25.8 Å². The third-order valence-corrected chi connectivity index (χ3v) is 2.11. The molecule has 0 amide bonds. The van der Waals surface area contributed by atoms with E-state index in [2.05, 4.69) is 0 Å². The molecule has 3 saturated heterocycles. The molecule has 0 aromatic heterocycles. The lowest BCUT2D eigenvalue weighted by molar-refractivity contribution is -0.436. The van der Waals surface area contributed by atoms with E-state index in [0.717, 1.165) is 0 Å². The molecule has 0 aliphatic carbocycles. The van der Waals surface area contributed by atoms with Crippen molar-refractivity contribution in [1.82, 2.24) is 0 Å². The first-order valence-electron chi connectivity index (χ1n) is 3.32. The van der Waals surface area contributed by atoms with Crippen molar-refractivity contribution in [3.63, 3.8) is 0 Å². The van der Waals surface area contributed by atoms with Crippen molar-refractivity contribution in [3.05, 3.63) is 0 Å². The quantitative estimate of drug-likeness (QED) is 0.531. The highest BCUT2D eigenvalue weighted by atomic mass is 35.5. The molecule has 0 saturated carbocycles. The summed E-state index contributed by atoms with van der Waals surface area (Å²) in [5.74, 6) is -0.249. The Labute approximate surface area is 64.2 Å². The molecule has 3 nitrogen and oxygen atoms in total.